The van der Waals surface area contributed by atoms with Crippen molar-refractivity contribution in [1.82, 2.24) is 5.32 Å². The second-order valence-corrected chi connectivity index (χ2v) is 5.37. The zero-order chi connectivity index (χ0) is 15.1. The minimum absolute atomic E-state index is 0.0429. The van der Waals surface area contributed by atoms with Crippen LogP contribution in [0.1, 0.15) is 12.0 Å². The number of benzene rings is 1. The Labute approximate surface area is 127 Å². The van der Waals surface area contributed by atoms with Gasteiger partial charge in [0.1, 0.15) is 0 Å². The van der Waals surface area contributed by atoms with Gasteiger partial charge >= 0.3 is 0 Å². The van der Waals surface area contributed by atoms with Gasteiger partial charge in [0, 0.05) is 19.3 Å². The first-order valence-corrected chi connectivity index (χ1v) is 7.39. The van der Waals surface area contributed by atoms with E-state index in [0.717, 1.165) is 11.3 Å². The van der Waals surface area contributed by atoms with Gasteiger partial charge in [-0.05, 0) is 17.7 Å². The summed E-state index contributed by atoms with van der Waals surface area (Å²) in [6.45, 7) is 0.703. The first kappa shape index (κ1) is 15.1. The zero-order valence-electron chi connectivity index (χ0n) is 11.6. The highest BCUT2D eigenvalue weighted by Crippen LogP contribution is 2.13. The maximum absolute atomic E-state index is 11.0. The Balaban J connectivity index is 1.93. The normalized spacial score (nSPS) is 16.2. The zero-order valence-corrected chi connectivity index (χ0v) is 12.4. The lowest BCUT2D eigenvalue weighted by molar-refractivity contribution is -0.116. The average molecular weight is 301 g/mol. The summed E-state index contributed by atoms with van der Waals surface area (Å²) in [7, 11) is 1.95. The van der Waals surface area contributed by atoms with Crippen LogP contribution in [0.4, 0.5) is 5.69 Å². The maximum Gasteiger partial charge on any atom is 0.236 e. The summed E-state index contributed by atoms with van der Waals surface area (Å²) in [6, 6.07) is 9.93. The fourth-order valence-electron chi connectivity index (χ4n) is 1.69. The molecule has 6 nitrogen and oxygen atoms in total. The van der Waals surface area contributed by atoms with Gasteiger partial charge < -0.3 is 10.2 Å². The number of anilines is 1. The second kappa shape index (κ2) is 7.45. The number of carbonyl (C=O) groups excluding carboxylic acids is 1. The molecule has 0 radical (unpaired) electrons. The first-order valence-electron chi connectivity index (χ1n) is 6.41. The summed E-state index contributed by atoms with van der Waals surface area (Å²) in [6.07, 6.45) is 2.14. The van der Waals surface area contributed by atoms with Crippen LogP contribution < -0.4 is 10.2 Å². The van der Waals surface area contributed by atoms with E-state index in [2.05, 4.69) is 21.6 Å². The standard InChI is InChI=1S/C14H15N5OS/c1-19(8-2-7-15)12-5-3-11(4-6-12)9-16-18-14-17-13(20)10-21-14/h3-6,9H,2,8,10H2,1H3,(H,17,18,20). The van der Waals surface area contributed by atoms with Crippen LogP contribution in [0.2, 0.25) is 0 Å². The van der Waals surface area contributed by atoms with Gasteiger partial charge in [-0.3, -0.25) is 4.79 Å². The Bertz CT molecular complexity index is 603. The molecule has 1 amide bonds. The number of nitrogens with one attached hydrogen (secondary N) is 1. The fraction of sp³-hybridized carbons (Fsp3) is 0.286. The van der Waals surface area contributed by atoms with E-state index < -0.39 is 0 Å². The van der Waals surface area contributed by atoms with Crippen molar-refractivity contribution in [3.63, 3.8) is 0 Å². The molecule has 1 saturated heterocycles. The van der Waals surface area contributed by atoms with Crippen LogP contribution in [0.25, 0.3) is 0 Å². The van der Waals surface area contributed by atoms with Crippen LogP contribution in [-0.2, 0) is 4.79 Å². The number of nitrogens with zero attached hydrogens (tertiary/aromatic N) is 4. The van der Waals surface area contributed by atoms with Crippen molar-refractivity contribution in [2.45, 2.75) is 6.42 Å². The molecule has 0 saturated carbocycles. The van der Waals surface area contributed by atoms with E-state index in [9.17, 15) is 4.79 Å². The highest BCUT2D eigenvalue weighted by Gasteiger charge is 2.15. The lowest BCUT2D eigenvalue weighted by atomic mass is 10.2. The molecule has 108 valence electrons. The van der Waals surface area contributed by atoms with E-state index >= 15 is 0 Å². The maximum atomic E-state index is 11.0. The molecule has 1 aromatic rings. The van der Waals surface area contributed by atoms with E-state index in [1.807, 2.05) is 36.2 Å². The molecule has 21 heavy (non-hydrogen) atoms. The van der Waals surface area contributed by atoms with Gasteiger partial charge in [0.15, 0.2) is 5.17 Å². The third-order valence-corrected chi connectivity index (χ3v) is 3.70. The van der Waals surface area contributed by atoms with Crippen LogP contribution in [0.5, 0.6) is 0 Å². The quantitative estimate of drug-likeness (QED) is 0.661. The Morgan fingerprint density at radius 3 is 2.86 bits per heavy atom. The molecule has 0 spiro atoms. The predicted octanol–water partition coefficient (Wildman–Crippen LogP) is 1.59. The number of hydrogen-bond donors (Lipinski definition) is 1. The van der Waals surface area contributed by atoms with Gasteiger partial charge in [-0.2, -0.15) is 10.4 Å². The lowest BCUT2D eigenvalue weighted by Gasteiger charge is -2.17. The molecular weight excluding hydrogens is 286 g/mol. The van der Waals surface area contributed by atoms with Gasteiger partial charge in [0.25, 0.3) is 0 Å². The minimum atomic E-state index is -0.0429. The summed E-state index contributed by atoms with van der Waals surface area (Å²) in [5, 5.41) is 19.6. The van der Waals surface area contributed by atoms with Gasteiger partial charge in [-0.1, -0.05) is 23.9 Å². The van der Waals surface area contributed by atoms with Crippen molar-refractivity contribution in [2.24, 2.45) is 10.2 Å². The Morgan fingerprint density at radius 2 is 2.24 bits per heavy atom. The SMILES string of the molecule is CN(CCC#N)c1ccc(C=NN=C2NC(=O)CS2)cc1. The van der Waals surface area contributed by atoms with Crippen LogP contribution >= 0.6 is 11.8 Å². The van der Waals surface area contributed by atoms with Crippen molar-refractivity contribution in [3.05, 3.63) is 29.8 Å². The number of amides is 1. The number of carbonyl (C=O) groups is 1. The largest absolute Gasteiger partial charge is 0.374 e. The number of rotatable bonds is 5. The summed E-state index contributed by atoms with van der Waals surface area (Å²) in [5.41, 5.74) is 1.97. The van der Waals surface area contributed by atoms with E-state index in [1.54, 1.807) is 6.21 Å². The van der Waals surface area contributed by atoms with E-state index in [4.69, 9.17) is 5.26 Å². The monoisotopic (exact) mass is 301 g/mol. The number of thioether (sulfide) groups is 1. The van der Waals surface area contributed by atoms with E-state index in [0.29, 0.717) is 23.9 Å². The van der Waals surface area contributed by atoms with E-state index in [1.165, 1.54) is 11.8 Å². The summed E-state index contributed by atoms with van der Waals surface area (Å²) in [5.74, 6) is 0.358. The molecule has 0 bridgehead atoms. The molecule has 1 aliphatic rings. The molecule has 2 rings (SSSR count). The third-order valence-electron chi connectivity index (χ3n) is 2.83. The van der Waals surface area contributed by atoms with Gasteiger partial charge in [-0.15, -0.1) is 5.10 Å². The summed E-state index contributed by atoms with van der Waals surface area (Å²) in [4.78, 5) is 13.0. The highest BCUT2D eigenvalue weighted by molar-refractivity contribution is 8.15. The third kappa shape index (κ3) is 4.61. The molecule has 0 aromatic heterocycles. The second-order valence-electron chi connectivity index (χ2n) is 4.41. The van der Waals surface area contributed by atoms with Crippen molar-refractivity contribution < 1.29 is 4.79 Å². The van der Waals surface area contributed by atoms with Crippen LogP contribution in [0.3, 0.4) is 0 Å². The molecule has 7 heteroatoms. The van der Waals surface area contributed by atoms with Crippen LogP contribution in [0, 0.1) is 11.3 Å². The smallest absolute Gasteiger partial charge is 0.236 e. The van der Waals surface area contributed by atoms with Crippen molar-refractivity contribution in [1.29, 1.82) is 5.26 Å². The number of hydrogen-bond acceptors (Lipinski definition) is 6. The molecule has 1 N–H and O–H groups in total. The van der Waals surface area contributed by atoms with Gasteiger partial charge in [0.2, 0.25) is 5.91 Å². The van der Waals surface area contributed by atoms with Crippen molar-refractivity contribution in [3.8, 4) is 6.07 Å². The Hall–Kier alpha value is -2.33. The number of nitriles is 1. The highest BCUT2D eigenvalue weighted by atomic mass is 32.2. The van der Waals surface area contributed by atoms with E-state index in [-0.39, 0.29) is 5.91 Å². The van der Waals surface area contributed by atoms with Gasteiger partial charge in [-0.25, -0.2) is 0 Å². The molecule has 0 unspecified atom stereocenters. The fourth-order valence-corrected chi connectivity index (χ4v) is 2.32. The van der Waals surface area contributed by atoms with Crippen LogP contribution in [0.15, 0.2) is 34.5 Å². The lowest BCUT2D eigenvalue weighted by Crippen LogP contribution is -2.19. The minimum Gasteiger partial charge on any atom is -0.374 e. The van der Waals surface area contributed by atoms with Crippen molar-refractivity contribution in [2.75, 3.05) is 24.2 Å². The summed E-state index contributed by atoms with van der Waals surface area (Å²) >= 11 is 1.34. The molecule has 1 heterocycles. The molecule has 0 aliphatic carbocycles. The van der Waals surface area contributed by atoms with Gasteiger partial charge in [0.05, 0.1) is 24.5 Å². The molecule has 1 aromatic carbocycles. The molecule has 0 atom stereocenters. The molecule has 1 fully saturated rings. The average Bonchev–Trinajstić information content (AvgIpc) is 2.91. The Kier molecular flexibility index (Phi) is 5.35. The Morgan fingerprint density at radius 1 is 1.48 bits per heavy atom. The molecule has 1 aliphatic heterocycles. The predicted molar refractivity (Wildman–Crippen MR) is 85.6 cm³/mol. The van der Waals surface area contributed by atoms with Crippen LogP contribution in [-0.4, -0.2) is 36.6 Å². The first-order chi connectivity index (χ1) is 10.2. The van der Waals surface area contributed by atoms with Crippen molar-refractivity contribution >= 4 is 34.7 Å². The summed E-state index contributed by atoms with van der Waals surface area (Å²) < 4.78 is 0. The number of amidine groups is 1. The topological polar surface area (TPSA) is 80.8 Å². The molecular formula is C14H15N5OS.